The van der Waals surface area contributed by atoms with Crippen LogP contribution >= 0.6 is 58.0 Å². The number of rotatable bonds is 3. The second-order valence-corrected chi connectivity index (χ2v) is 5.86. The van der Waals surface area contributed by atoms with Gasteiger partial charge in [-0.2, -0.15) is 0 Å². The van der Waals surface area contributed by atoms with Gasteiger partial charge in [-0.05, 0) is 24.3 Å². The zero-order chi connectivity index (χ0) is 14.0. The van der Waals surface area contributed by atoms with E-state index < -0.39 is 0 Å². The lowest BCUT2D eigenvalue weighted by atomic mass is 10.2. The maximum atomic E-state index is 6.09. The predicted molar refractivity (Wildman–Crippen MR) is 85.3 cm³/mol. The summed E-state index contributed by atoms with van der Waals surface area (Å²) in [5, 5.41) is 5.66. The largest absolute Gasteiger partial charge is 0.378 e. The van der Waals surface area contributed by atoms with Gasteiger partial charge in [-0.15, -0.1) is 0 Å². The van der Waals surface area contributed by atoms with Crippen molar-refractivity contribution in [2.75, 3.05) is 5.32 Å². The number of nitrogens with one attached hydrogen (secondary N) is 1. The molecule has 0 saturated carbocycles. The van der Waals surface area contributed by atoms with Gasteiger partial charge in [0.2, 0.25) is 0 Å². The first-order chi connectivity index (χ1) is 8.99. The fourth-order valence-corrected chi connectivity index (χ4v) is 3.07. The van der Waals surface area contributed by atoms with Crippen LogP contribution in [0.2, 0.25) is 25.1 Å². The number of anilines is 1. The van der Waals surface area contributed by atoms with Gasteiger partial charge in [-0.3, -0.25) is 0 Å². The first-order valence-corrected chi connectivity index (χ1v) is 7.19. The van der Waals surface area contributed by atoms with Gasteiger partial charge in [-0.1, -0.05) is 64.1 Å². The van der Waals surface area contributed by atoms with Crippen LogP contribution in [0, 0.1) is 0 Å². The Balaban J connectivity index is 2.24. The molecule has 0 atom stereocenters. The summed E-state index contributed by atoms with van der Waals surface area (Å²) in [6.07, 6.45) is 0. The number of halogens is 5. The zero-order valence-electron chi connectivity index (χ0n) is 9.48. The topological polar surface area (TPSA) is 12.0 Å². The van der Waals surface area contributed by atoms with Gasteiger partial charge in [0.05, 0.1) is 15.7 Å². The Morgan fingerprint density at radius 2 is 1.32 bits per heavy atom. The predicted octanol–water partition coefficient (Wildman–Crippen LogP) is 6.57. The maximum Gasteiger partial charge on any atom is 0.0722 e. The molecule has 2 aromatic carbocycles. The van der Waals surface area contributed by atoms with Gasteiger partial charge >= 0.3 is 0 Å². The summed E-state index contributed by atoms with van der Waals surface area (Å²) in [6, 6.07) is 8.57. The summed E-state index contributed by atoms with van der Waals surface area (Å²) >= 11 is 30.2. The minimum absolute atomic E-state index is 0.416. The summed E-state index contributed by atoms with van der Waals surface area (Å²) in [7, 11) is 0. The molecule has 19 heavy (non-hydrogen) atoms. The van der Waals surface area contributed by atoms with E-state index in [1.54, 1.807) is 30.3 Å². The molecular weight excluding hydrogens is 347 g/mol. The number of benzene rings is 2. The highest BCUT2D eigenvalue weighted by atomic mass is 35.5. The smallest absolute Gasteiger partial charge is 0.0722 e. The molecule has 0 unspecified atom stereocenters. The van der Waals surface area contributed by atoms with Crippen LogP contribution < -0.4 is 5.32 Å². The molecule has 0 aromatic heterocycles. The standard InChI is InChI=1S/C13H8Cl5N/c14-7-4-11(17)13(12(18)5-7)19-6-8-9(15)2-1-3-10(8)16/h1-5,19H,6H2. The van der Waals surface area contributed by atoms with Crippen molar-refractivity contribution in [1.82, 2.24) is 0 Å². The highest BCUT2D eigenvalue weighted by molar-refractivity contribution is 6.41. The lowest BCUT2D eigenvalue weighted by Gasteiger charge is -2.13. The van der Waals surface area contributed by atoms with Crippen LogP contribution in [0.5, 0.6) is 0 Å². The quantitative estimate of drug-likeness (QED) is 0.657. The summed E-state index contributed by atoms with van der Waals surface area (Å²) < 4.78 is 0. The van der Waals surface area contributed by atoms with E-state index in [2.05, 4.69) is 5.32 Å². The van der Waals surface area contributed by atoms with Gasteiger partial charge in [0.15, 0.2) is 0 Å². The lowest BCUT2D eigenvalue weighted by Crippen LogP contribution is -2.02. The zero-order valence-corrected chi connectivity index (χ0v) is 13.3. The molecule has 0 aliphatic heterocycles. The van der Waals surface area contributed by atoms with E-state index in [4.69, 9.17) is 58.0 Å². The van der Waals surface area contributed by atoms with Crippen molar-refractivity contribution in [3.05, 3.63) is 61.0 Å². The molecule has 1 N–H and O–H groups in total. The average Bonchev–Trinajstić information content (AvgIpc) is 2.31. The molecule has 0 aliphatic carbocycles. The van der Waals surface area contributed by atoms with Gasteiger partial charge in [-0.25, -0.2) is 0 Å². The average molecular weight is 355 g/mol. The summed E-state index contributed by atoms with van der Waals surface area (Å²) in [6.45, 7) is 0.416. The highest BCUT2D eigenvalue weighted by Gasteiger charge is 2.10. The first kappa shape index (κ1) is 15.1. The minimum Gasteiger partial charge on any atom is -0.378 e. The Morgan fingerprint density at radius 1 is 0.789 bits per heavy atom. The third kappa shape index (κ3) is 3.62. The molecule has 2 aromatic rings. The highest BCUT2D eigenvalue weighted by Crippen LogP contribution is 2.34. The Kier molecular flexibility index (Phi) is 5.10. The van der Waals surface area contributed by atoms with E-state index in [-0.39, 0.29) is 0 Å². The summed E-state index contributed by atoms with van der Waals surface area (Å²) in [5.41, 5.74) is 1.39. The van der Waals surface area contributed by atoms with Crippen LogP contribution in [0.15, 0.2) is 30.3 Å². The van der Waals surface area contributed by atoms with E-state index in [1.807, 2.05) is 0 Å². The molecule has 0 radical (unpaired) electrons. The van der Waals surface area contributed by atoms with Gasteiger partial charge in [0, 0.05) is 27.2 Å². The third-order valence-electron chi connectivity index (χ3n) is 2.51. The second-order valence-electron chi connectivity index (χ2n) is 3.80. The van der Waals surface area contributed by atoms with Crippen LogP contribution in [0.25, 0.3) is 0 Å². The van der Waals surface area contributed by atoms with Crippen molar-refractivity contribution in [3.63, 3.8) is 0 Å². The van der Waals surface area contributed by atoms with E-state index >= 15 is 0 Å². The van der Waals surface area contributed by atoms with Gasteiger partial charge < -0.3 is 5.32 Å². The molecule has 1 nitrogen and oxygen atoms in total. The van der Waals surface area contributed by atoms with E-state index in [0.29, 0.717) is 37.3 Å². The first-order valence-electron chi connectivity index (χ1n) is 5.30. The SMILES string of the molecule is Clc1cc(Cl)c(NCc2c(Cl)cccc2Cl)c(Cl)c1. The molecule has 0 heterocycles. The minimum atomic E-state index is 0.416. The maximum absolute atomic E-state index is 6.09. The molecule has 0 spiro atoms. The third-order valence-corrected chi connectivity index (χ3v) is 4.03. The van der Waals surface area contributed by atoms with E-state index in [1.165, 1.54) is 0 Å². The van der Waals surface area contributed by atoms with Crippen molar-refractivity contribution in [2.45, 2.75) is 6.54 Å². The number of hydrogen-bond acceptors (Lipinski definition) is 1. The molecule has 2 rings (SSSR count). The monoisotopic (exact) mass is 353 g/mol. The Morgan fingerprint density at radius 3 is 1.84 bits per heavy atom. The van der Waals surface area contributed by atoms with Gasteiger partial charge in [0.1, 0.15) is 0 Å². The fourth-order valence-electron chi connectivity index (χ4n) is 1.59. The van der Waals surface area contributed by atoms with Crippen LogP contribution in [-0.2, 0) is 6.54 Å². The van der Waals surface area contributed by atoms with Crippen molar-refractivity contribution >= 4 is 63.7 Å². The fraction of sp³-hybridized carbons (Fsp3) is 0.0769. The molecule has 6 heteroatoms. The Labute approximate surface area is 136 Å². The molecular formula is C13H8Cl5N. The molecule has 100 valence electrons. The second kappa shape index (κ2) is 6.43. The molecule has 0 bridgehead atoms. The van der Waals surface area contributed by atoms with Crippen molar-refractivity contribution in [3.8, 4) is 0 Å². The summed E-state index contributed by atoms with van der Waals surface area (Å²) in [4.78, 5) is 0. The Bertz CT molecular complexity index is 569. The van der Waals surface area contributed by atoms with Crippen molar-refractivity contribution in [2.24, 2.45) is 0 Å². The normalized spacial score (nSPS) is 10.6. The molecule has 0 fully saturated rings. The molecule has 0 aliphatic rings. The Hall–Kier alpha value is -0.310. The van der Waals surface area contributed by atoms with E-state index in [0.717, 1.165) is 5.56 Å². The van der Waals surface area contributed by atoms with Crippen molar-refractivity contribution < 1.29 is 0 Å². The van der Waals surface area contributed by atoms with Gasteiger partial charge in [0.25, 0.3) is 0 Å². The lowest BCUT2D eigenvalue weighted by molar-refractivity contribution is 1.15. The van der Waals surface area contributed by atoms with Crippen molar-refractivity contribution in [1.29, 1.82) is 0 Å². The van der Waals surface area contributed by atoms with Crippen LogP contribution in [0.3, 0.4) is 0 Å². The van der Waals surface area contributed by atoms with Crippen LogP contribution in [-0.4, -0.2) is 0 Å². The van der Waals surface area contributed by atoms with Crippen LogP contribution in [0.1, 0.15) is 5.56 Å². The van der Waals surface area contributed by atoms with E-state index in [9.17, 15) is 0 Å². The van der Waals surface area contributed by atoms with Crippen LogP contribution in [0.4, 0.5) is 5.69 Å². The number of hydrogen-bond donors (Lipinski definition) is 1. The summed E-state index contributed by atoms with van der Waals surface area (Å²) in [5.74, 6) is 0. The molecule has 0 amide bonds. The molecule has 0 saturated heterocycles.